The van der Waals surface area contributed by atoms with Crippen molar-refractivity contribution in [1.82, 2.24) is 10.3 Å². The van der Waals surface area contributed by atoms with Crippen LogP contribution in [0.15, 0.2) is 6.07 Å². The molecule has 0 bridgehead atoms. The second-order valence-electron chi connectivity index (χ2n) is 5.21. The van der Waals surface area contributed by atoms with Crippen molar-refractivity contribution < 1.29 is 9.59 Å². The molecular weight excluding hydrogens is 242 g/mol. The number of pyridine rings is 1. The first-order valence-corrected chi connectivity index (χ1v) is 6.49. The normalized spacial score (nSPS) is 15.9. The van der Waals surface area contributed by atoms with Crippen molar-refractivity contribution in [3.8, 4) is 0 Å². The molecule has 1 aliphatic heterocycles. The van der Waals surface area contributed by atoms with Crippen molar-refractivity contribution in [2.75, 3.05) is 11.4 Å². The second-order valence-corrected chi connectivity index (χ2v) is 5.21. The first kappa shape index (κ1) is 13.5. The Labute approximate surface area is 113 Å². The highest BCUT2D eigenvalue weighted by Crippen LogP contribution is 2.26. The van der Waals surface area contributed by atoms with Crippen LogP contribution in [0.4, 0.5) is 10.6 Å². The average Bonchev–Trinajstić information content (AvgIpc) is 2.32. The molecule has 5 nitrogen and oxygen atoms in total. The van der Waals surface area contributed by atoms with E-state index in [2.05, 4.69) is 30.2 Å². The minimum Gasteiger partial charge on any atom is -0.278 e. The summed E-state index contributed by atoms with van der Waals surface area (Å²) in [4.78, 5) is 29.1. The fraction of sp³-hybridized carbons (Fsp3) is 0.500. The molecule has 19 heavy (non-hydrogen) atoms. The lowest BCUT2D eigenvalue weighted by molar-refractivity contribution is -0.120. The van der Waals surface area contributed by atoms with Crippen molar-refractivity contribution in [3.05, 3.63) is 22.9 Å². The standard InChI is InChI=1S/C14H19N3O2/c1-8(2)11-7-9(3)13(15-10(11)4)17-6-5-12(18)16-14(17)19/h7-8H,5-6H2,1-4H3,(H,16,18,19). The number of aryl methyl sites for hydroxylation is 2. The maximum atomic E-state index is 11.8. The number of carbonyl (C=O) groups excluding carboxylic acids is 2. The number of nitrogens with one attached hydrogen (secondary N) is 1. The van der Waals surface area contributed by atoms with Gasteiger partial charge in [0.2, 0.25) is 5.91 Å². The summed E-state index contributed by atoms with van der Waals surface area (Å²) in [6, 6.07) is 1.69. The van der Waals surface area contributed by atoms with Gasteiger partial charge in [0.05, 0.1) is 0 Å². The minimum absolute atomic E-state index is 0.227. The lowest BCUT2D eigenvalue weighted by Crippen LogP contribution is -2.50. The van der Waals surface area contributed by atoms with Crippen LogP contribution in [0.1, 0.15) is 43.0 Å². The number of amides is 3. The number of urea groups is 1. The van der Waals surface area contributed by atoms with Crippen LogP contribution in [-0.4, -0.2) is 23.5 Å². The molecule has 0 atom stereocenters. The van der Waals surface area contributed by atoms with Crippen molar-refractivity contribution in [2.45, 2.75) is 40.0 Å². The van der Waals surface area contributed by atoms with E-state index in [4.69, 9.17) is 0 Å². The molecule has 1 saturated heterocycles. The molecule has 1 fully saturated rings. The smallest absolute Gasteiger partial charge is 0.278 e. The fourth-order valence-corrected chi connectivity index (χ4v) is 2.34. The Bertz CT molecular complexity index is 538. The molecule has 0 unspecified atom stereocenters. The van der Waals surface area contributed by atoms with Crippen LogP contribution in [0, 0.1) is 13.8 Å². The molecule has 5 heteroatoms. The Morgan fingerprint density at radius 3 is 2.58 bits per heavy atom. The third-order valence-electron chi connectivity index (χ3n) is 3.35. The SMILES string of the molecule is Cc1cc(C(C)C)c(C)nc1N1CCC(=O)NC1=O. The zero-order valence-corrected chi connectivity index (χ0v) is 11.8. The summed E-state index contributed by atoms with van der Waals surface area (Å²) in [7, 11) is 0. The van der Waals surface area contributed by atoms with Gasteiger partial charge in [-0.05, 0) is 30.9 Å². The van der Waals surface area contributed by atoms with Crippen molar-refractivity contribution in [2.24, 2.45) is 0 Å². The number of rotatable bonds is 2. The molecule has 3 amide bonds. The van der Waals surface area contributed by atoms with E-state index in [9.17, 15) is 9.59 Å². The van der Waals surface area contributed by atoms with Crippen LogP contribution in [0.3, 0.4) is 0 Å². The maximum Gasteiger partial charge on any atom is 0.329 e. The van der Waals surface area contributed by atoms with Gasteiger partial charge in [0.15, 0.2) is 0 Å². The van der Waals surface area contributed by atoms with Gasteiger partial charge in [-0.15, -0.1) is 0 Å². The number of aromatic nitrogens is 1. The largest absolute Gasteiger partial charge is 0.329 e. The number of imide groups is 1. The third-order valence-corrected chi connectivity index (χ3v) is 3.35. The van der Waals surface area contributed by atoms with E-state index in [1.54, 1.807) is 0 Å². The second kappa shape index (κ2) is 4.99. The predicted octanol–water partition coefficient (Wildman–Crippen LogP) is 2.27. The molecular formula is C14H19N3O2. The molecule has 0 aliphatic carbocycles. The molecule has 1 aromatic heterocycles. The Morgan fingerprint density at radius 2 is 2.00 bits per heavy atom. The summed E-state index contributed by atoms with van der Waals surface area (Å²) in [5.74, 6) is 0.818. The third kappa shape index (κ3) is 2.59. The number of hydrogen-bond donors (Lipinski definition) is 1. The monoisotopic (exact) mass is 261 g/mol. The van der Waals surface area contributed by atoms with Gasteiger partial charge in [-0.2, -0.15) is 0 Å². The highest BCUT2D eigenvalue weighted by atomic mass is 16.2. The van der Waals surface area contributed by atoms with Gasteiger partial charge in [0, 0.05) is 18.7 Å². The zero-order chi connectivity index (χ0) is 14.2. The molecule has 0 saturated carbocycles. The predicted molar refractivity (Wildman–Crippen MR) is 73.3 cm³/mol. The van der Waals surface area contributed by atoms with Gasteiger partial charge >= 0.3 is 6.03 Å². The zero-order valence-electron chi connectivity index (χ0n) is 11.8. The minimum atomic E-state index is -0.386. The van der Waals surface area contributed by atoms with Crippen LogP contribution in [0.2, 0.25) is 0 Å². The van der Waals surface area contributed by atoms with Gasteiger partial charge in [-0.25, -0.2) is 9.78 Å². The highest BCUT2D eigenvalue weighted by molar-refractivity contribution is 6.05. The summed E-state index contributed by atoms with van der Waals surface area (Å²) in [5.41, 5.74) is 3.08. The van der Waals surface area contributed by atoms with Gasteiger partial charge in [0.1, 0.15) is 5.82 Å². The lowest BCUT2D eigenvalue weighted by Gasteiger charge is -2.27. The number of nitrogens with zero attached hydrogens (tertiary/aromatic N) is 2. The summed E-state index contributed by atoms with van der Waals surface area (Å²) < 4.78 is 0. The Kier molecular flexibility index (Phi) is 3.55. The molecule has 2 rings (SSSR count). The average molecular weight is 261 g/mol. The molecule has 0 radical (unpaired) electrons. The molecule has 2 heterocycles. The summed E-state index contributed by atoms with van der Waals surface area (Å²) in [5, 5.41) is 2.32. The van der Waals surface area contributed by atoms with Crippen molar-refractivity contribution in [3.63, 3.8) is 0 Å². The summed E-state index contributed by atoms with van der Waals surface area (Å²) in [6.07, 6.45) is 0.317. The maximum absolute atomic E-state index is 11.8. The van der Waals surface area contributed by atoms with Crippen LogP contribution in [-0.2, 0) is 4.79 Å². The van der Waals surface area contributed by atoms with Gasteiger partial charge < -0.3 is 0 Å². The fourth-order valence-electron chi connectivity index (χ4n) is 2.34. The molecule has 102 valence electrons. The molecule has 1 N–H and O–H groups in total. The van der Waals surface area contributed by atoms with Crippen LogP contribution in [0.25, 0.3) is 0 Å². The van der Waals surface area contributed by atoms with E-state index in [0.29, 0.717) is 24.7 Å². The number of anilines is 1. The van der Waals surface area contributed by atoms with Gasteiger partial charge in [0.25, 0.3) is 0 Å². The summed E-state index contributed by atoms with van der Waals surface area (Å²) >= 11 is 0. The van der Waals surface area contributed by atoms with E-state index in [-0.39, 0.29) is 11.9 Å². The van der Waals surface area contributed by atoms with Gasteiger partial charge in [-0.1, -0.05) is 19.9 Å². The molecule has 1 aliphatic rings. The lowest BCUT2D eigenvalue weighted by atomic mass is 10.00. The number of hydrogen-bond acceptors (Lipinski definition) is 3. The van der Waals surface area contributed by atoms with E-state index >= 15 is 0 Å². The Balaban J connectivity index is 2.38. The van der Waals surface area contributed by atoms with Crippen LogP contribution < -0.4 is 10.2 Å². The Hall–Kier alpha value is -1.91. The van der Waals surface area contributed by atoms with Gasteiger partial charge in [-0.3, -0.25) is 15.0 Å². The molecule has 1 aromatic rings. The van der Waals surface area contributed by atoms with E-state index in [0.717, 1.165) is 11.3 Å². The van der Waals surface area contributed by atoms with E-state index in [1.807, 2.05) is 13.8 Å². The molecule has 0 aromatic carbocycles. The van der Waals surface area contributed by atoms with Crippen LogP contribution >= 0.6 is 0 Å². The van der Waals surface area contributed by atoms with Crippen LogP contribution in [0.5, 0.6) is 0 Å². The highest BCUT2D eigenvalue weighted by Gasteiger charge is 2.26. The quantitative estimate of drug-likeness (QED) is 0.888. The summed E-state index contributed by atoms with van der Waals surface area (Å²) in [6.45, 7) is 8.52. The topological polar surface area (TPSA) is 62.3 Å². The first-order valence-electron chi connectivity index (χ1n) is 6.49. The number of carbonyl (C=O) groups is 2. The van der Waals surface area contributed by atoms with Crippen molar-refractivity contribution >= 4 is 17.8 Å². The van der Waals surface area contributed by atoms with E-state index in [1.165, 1.54) is 10.5 Å². The van der Waals surface area contributed by atoms with E-state index < -0.39 is 0 Å². The molecule has 0 spiro atoms. The Morgan fingerprint density at radius 1 is 1.32 bits per heavy atom. The van der Waals surface area contributed by atoms with Crippen molar-refractivity contribution in [1.29, 1.82) is 0 Å². The first-order chi connectivity index (χ1) is 8.90.